The first kappa shape index (κ1) is 29.7. The van der Waals surface area contributed by atoms with Crippen LogP contribution in [0.2, 0.25) is 0 Å². The highest BCUT2D eigenvalue weighted by molar-refractivity contribution is 5.55. The van der Waals surface area contributed by atoms with Gasteiger partial charge in [-0.2, -0.15) is 0 Å². The minimum atomic E-state index is 0.0559. The van der Waals surface area contributed by atoms with Crippen LogP contribution in [0.3, 0.4) is 0 Å². The van der Waals surface area contributed by atoms with Gasteiger partial charge in [0.15, 0.2) is 0 Å². The van der Waals surface area contributed by atoms with Crippen molar-refractivity contribution >= 4 is 0 Å². The Kier molecular flexibility index (Phi) is 7.96. The summed E-state index contributed by atoms with van der Waals surface area (Å²) in [6.45, 7) is 38.1. The van der Waals surface area contributed by atoms with Gasteiger partial charge in [-0.25, -0.2) is 0 Å². The van der Waals surface area contributed by atoms with Crippen LogP contribution in [0.4, 0.5) is 0 Å². The van der Waals surface area contributed by atoms with Gasteiger partial charge >= 0.3 is 0 Å². The lowest BCUT2D eigenvalue weighted by atomic mass is 9.65. The van der Waals surface area contributed by atoms with E-state index in [1.165, 1.54) is 22.3 Å². The summed E-state index contributed by atoms with van der Waals surface area (Å²) in [6.07, 6.45) is 1.09. The standard InChI is InChI=1S/C35H56/c1-17-24(29-26(32(5,6)7)19-18-20-27(29)33(8,9)10)25-21-23(31(2,3)4)22-28(34(11,12)13)30(25)35(14,15)16/h18-22,24H,17H2,1-16H3. The second-order valence-electron chi connectivity index (χ2n) is 16.0. The summed E-state index contributed by atoms with van der Waals surface area (Å²) >= 11 is 0. The van der Waals surface area contributed by atoms with Crippen LogP contribution in [0.25, 0.3) is 0 Å². The molecule has 0 nitrogen and oxygen atoms in total. The maximum absolute atomic E-state index is 2.58. The summed E-state index contributed by atoms with van der Waals surface area (Å²) in [4.78, 5) is 0. The van der Waals surface area contributed by atoms with E-state index in [2.05, 4.69) is 141 Å². The summed E-state index contributed by atoms with van der Waals surface area (Å²) in [5.41, 5.74) is 11.0. The van der Waals surface area contributed by atoms with Crippen LogP contribution in [-0.2, 0) is 27.1 Å². The minimum absolute atomic E-state index is 0.0559. The molecule has 0 fully saturated rings. The molecule has 0 aliphatic carbocycles. The van der Waals surface area contributed by atoms with Gasteiger partial charge in [-0.05, 0) is 72.4 Å². The smallest absolute Gasteiger partial charge is 0.00957 e. The van der Waals surface area contributed by atoms with Gasteiger partial charge in [0.1, 0.15) is 0 Å². The summed E-state index contributed by atoms with van der Waals surface area (Å²) in [5.74, 6) is 0.359. The van der Waals surface area contributed by atoms with Crippen molar-refractivity contribution < 1.29 is 0 Å². The molecule has 2 aromatic rings. The Labute approximate surface area is 219 Å². The molecule has 0 spiro atoms. The van der Waals surface area contributed by atoms with E-state index in [0.29, 0.717) is 5.92 Å². The first-order valence-electron chi connectivity index (χ1n) is 13.8. The van der Waals surface area contributed by atoms with Gasteiger partial charge in [0.25, 0.3) is 0 Å². The van der Waals surface area contributed by atoms with E-state index in [1.54, 1.807) is 16.7 Å². The zero-order valence-corrected chi connectivity index (χ0v) is 26.2. The second kappa shape index (κ2) is 9.39. The largest absolute Gasteiger partial charge is 0.0645 e. The topological polar surface area (TPSA) is 0 Å². The molecule has 0 heterocycles. The normalized spacial score (nSPS) is 14.9. The molecular formula is C35H56. The molecule has 0 amide bonds. The van der Waals surface area contributed by atoms with Crippen LogP contribution in [0, 0.1) is 0 Å². The molecule has 2 rings (SSSR count). The maximum Gasteiger partial charge on any atom is 0.00957 e. The van der Waals surface area contributed by atoms with Gasteiger partial charge < -0.3 is 0 Å². The Morgan fingerprint density at radius 1 is 0.543 bits per heavy atom. The van der Waals surface area contributed by atoms with Gasteiger partial charge in [0.2, 0.25) is 0 Å². The van der Waals surface area contributed by atoms with Crippen molar-refractivity contribution in [2.75, 3.05) is 0 Å². The molecular weight excluding hydrogens is 420 g/mol. The zero-order valence-electron chi connectivity index (χ0n) is 26.2. The lowest BCUT2D eigenvalue weighted by Crippen LogP contribution is -2.29. The quantitative estimate of drug-likeness (QED) is 0.413. The second-order valence-corrected chi connectivity index (χ2v) is 16.0. The van der Waals surface area contributed by atoms with E-state index >= 15 is 0 Å². The molecule has 0 heteroatoms. The van der Waals surface area contributed by atoms with E-state index in [4.69, 9.17) is 0 Å². The van der Waals surface area contributed by atoms with Crippen LogP contribution in [0.15, 0.2) is 30.3 Å². The molecule has 0 aliphatic heterocycles. The Balaban J connectivity index is 3.18. The van der Waals surface area contributed by atoms with Crippen molar-refractivity contribution in [3.8, 4) is 0 Å². The molecule has 0 bridgehead atoms. The third-order valence-electron chi connectivity index (χ3n) is 7.45. The van der Waals surface area contributed by atoms with Crippen LogP contribution in [0.1, 0.15) is 162 Å². The number of hydrogen-bond acceptors (Lipinski definition) is 0. The molecule has 0 aromatic heterocycles. The maximum atomic E-state index is 2.58. The third-order valence-corrected chi connectivity index (χ3v) is 7.45. The molecule has 0 aliphatic rings. The van der Waals surface area contributed by atoms with E-state index in [-0.39, 0.29) is 27.1 Å². The third kappa shape index (κ3) is 6.42. The van der Waals surface area contributed by atoms with Gasteiger partial charge in [0, 0.05) is 5.92 Å². The van der Waals surface area contributed by atoms with Crippen molar-refractivity contribution in [3.05, 3.63) is 69.3 Å². The fourth-order valence-corrected chi connectivity index (χ4v) is 5.63. The Morgan fingerprint density at radius 2 is 0.971 bits per heavy atom. The summed E-state index contributed by atoms with van der Waals surface area (Å²) in [5, 5.41) is 0. The summed E-state index contributed by atoms with van der Waals surface area (Å²) in [6, 6.07) is 12.2. The number of benzene rings is 2. The number of hydrogen-bond donors (Lipinski definition) is 0. The zero-order chi connectivity index (χ0) is 27.4. The molecule has 1 unspecified atom stereocenters. The fraction of sp³-hybridized carbons (Fsp3) is 0.657. The Morgan fingerprint density at radius 3 is 1.29 bits per heavy atom. The van der Waals surface area contributed by atoms with Crippen LogP contribution >= 0.6 is 0 Å². The van der Waals surface area contributed by atoms with Crippen LogP contribution in [0.5, 0.6) is 0 Å². The fourth-order valence-electron chi connectivity index (χ4n) is 5.63. The first-order chi connectivity index (χ1) is 15.5. The van der Waals surface area contributed by atoms with Crippen molar-refractivity contribution in [2.45, 2.75) is 150 Å². The SMILES string of the molecule is CCC(c1cc(C(C)(C)C)cc(C(C)(C)C)c1C(C)(C)C)c1c(C(C)(C)C)cccc1C(C)(C)C. The van der Waals surface area contributed by atoms with Crippen molar-refractivity contribution in [1.29, 1.82) is 0 Å². The molecule has 2 aromatic carbocycles. The summed E-state index contributed by atoms with van der Waals surface area (Å²) in [7, 11) is 0. The molecule has 0 saturated carbocycles. The first-order valence-corrected chi connectivity index (χ1v) is 13.8. The lowest BCUT2D eigenvalue weighted by molar-refractivity contribution is 0.507. The number of rotatable bonds is 3. The minimum Gasteiger partial charge on any atom is -0.0645 e. The van der Waals surface area contributed by atoms with E-state index < -0.39 is 0 Å². The molecule has 0 saturated heterocycles. The van der Waals surface area contributed by atoms with Crippen LogP contribution < -0.4 is 0 Å². The van der Waals surface area contributed by atoms with E-state index in [9.17, 15) is 0 Å². The van der Waals surface area contributed by atoms with Gasteiger partial charge in [-0.1, -0.05) is 141 Å². The highest BCUT2D eigenvalue weighted by atomic mass is 14.4. The molecule has 196 valence electrons. The van der Waals surface area contributed by atoms with Crippen LogP contribution in [-0.4, -0.2) is 0 Å². The Bertz CT molecular complexity index is 996. The molecule has 1 atom stereocenters. The predicted octanol–water partition coefficient (Wildman–Crippen LogP) is 10.7. The van der Waals surface area contributed by atoms with Gasteiger partial charge in [-0.15, -0.1) is 0 Å². The van der Waals surface area contributed by atoms with Gasteiger partial charge in [0.05, 0.1) is 0 Å². The molecule has 0 N–H and O–H groups in total. The van der Waals surface area contributed by atoms with Gasteiger partial charge in [-0.3, -0.25) is 0 Å². The molecule has 35 heavy (non-hydrogen) atoms. The van der Waals surface area contributed by atoms with Crippen molar-refractivity contribution in [2.24, 2.45) is 0 Å². The monoisotopic (exact) mass is 476 g/mol. The Hall–Kier alpha value is -1.56. The highest BCUT2D eigenvalue weighted by Gasteiger charge is 2.36. The molecule has 0 radical (unpaired) electrons. The summed E-state index contributed by atoms with van der Waals surface area (Å²) < 4.78 is 0. The highest BCUT2D eigenvalue weighted by Crippen LogP contribution is 2.48. The van der Waals surface area contributed by atoms with E-state index in [1.807, 2.05) is 0 Å². The lowest BCUT2D eigenvalue weighted by Gasteiger charge is -2.39. The van der Waals surface area contributed by atoms with E-state index in [0.717, 1.165) is 6.42 Å². The average molecular weight is 477 g/mol. The predicted molar refractivity (Wildman–Crippen MR) is 159 cm³/mol. The van der Waals surface area contributed by atoms with Crippen molar-refractivity contribution in [3.63, 3.8) is 0 Å². The van der Waals surface area contributed by atoms with Crippen molar-refractivity contribution in [1.82, 2.24) is 0 Å². The average Bonchev–Trinajstić information content (AvgIpc) is 2.64.